The molecule has 0 radical (unpaired) electrons. The quantitative estimate of drug-likeness (QED) is 0.746. The molecule has 1 aliphatic rings. The van der Waals surface area contributed by atoms with Gasteiger partial charge in [-0.25, -0.2) is 0 Å². The second kappa shape index (κ2) is 3.13. The molecule has 1 aromatic rings. The molecule has 0 amide bonds. The first-order valence-corrected chi connectivity index (χ1v) is 4.59. The molecular weight excluding hydrogens is 164 g/mol. The Balaban J connectivity index is 2.11. The topological polar surface area (TPSA) is 29.5 Å². The first-order valence-electron chi connectivity index (χ1n) is 4.59. The fourth-order valence-electron chi connectivity index (χ4n) is 1.87. The van der Waals surface area contributed by atoms with E-state index in [1.165, 1.54) is 5.56 Å². The second-order valence-electron chi connectivity index (χ2n) is 3.72. The number of rotatable bonds is 2. The van der Waals surface area contributed by atoms with E-state index in [1.54, 1.807) is 0 Å². The van der Waals surface area contributed by atoms with Crippen LogP contribution in [0, 0.1) is 0 Å². The Kier molecular flexibility index (Phi) is 2.10. The lowest BCUT2D eigenvalue weighted by atomic mass is 9.84. The van der Waals surface area contributed by atoms with Crippen LogP contribution in [0.3, 0.4) is 0 Å². The molecule has 1 fully saturated rings. The maximum absolute atomic E-state index is 8.84. The number of aliphatic hydroxyl groups is 1. The highest BCUT2D eigenvalue weighted by Crippen LogP contribution is 2.40. The van der Waals surface area contributed by atoms with Crippen LogP contribution in [-0.4, -0.2) is 17.8 Å². The SMILES string of the molecule is CC1(c2ccccc2)CC(CO)O1. The molecule has 0 saturated carbocycles. The van der Waals surface area contributed by atoms with Gasteiger partial charge >= 0.3 is 0 Å². The summed E-state index contributed by atoms with van der Waals surface area (Å²) in [7, 11) is 0. The van der Waals surface area contributed by atoms with Gasteiger partial charge in [-0.05, 0) is 12.5 Å². The van der Waals surface area contributed by atoms with Crippen molar-refractivity contribution in [1.29, 1.82) is 0 Å². The number of benzene rings is 1. The highest BCUT2D eigenvalue weighted by atomic mass is 16.5. The zero-order chi connectivity index (χ0) is 9.31. The van der Waals surface area contributed by atoms with Crippen LogP contribution in [0.25, 0.3) is 0 Å². The predicted octanol–water partition coefficient (Wildman–Crippen LogP) is 1.68. The molecule has 2 nitrogen and oxygen atoms in total. The number of hydrogen-bond donors (Lipinski definition) is 1. The molecular formula is C11H14O2. The molecule has 1 N–H and O–H groups in total. The Bertz CT molecular complexity index is 275. The van der Waals surface area contributed by atoms with Crippen LogP contribution in [-0.2, 0) is 10.3 Å². The van der Waals surface area contributed by atoms with Crippen LogP contribution in [0.1, 0.15) is 18.9 Å². The highest BCUT2D eigenvalue weighted by Gasteiger charge is 2.42. The third-order valence-corrected chi connectivity index (χ3v) is 2.63. The first-order chi connectivity index (χ1) is 6.24. The van der Waals surface area contributed by atoms with Crippen LogP contribution in [0.15, 0.2) is 30.3 Å². The van der Waals surface area contributed by atoms with E-state index in [2.05, 4.69) is 19.1 Å². The normalized spacial score (nSPS) is 32.6. The Morgan fingerprint density at radius 2 is 2.08 bits per heavy atom. The summed E-state index contributed by atoms with van der Waals surface area (Å²) >= 11 is 0. The summed E-state index contributed by atoms with van der Waals surface area (Å²) in [6, 6.07) is 10.1. The molecule has 1 saturated heterocycles. The van der Waals surface area contributed by atoms with E-state index in [0.717, 1.165) is 6.42 Å². The lowest BCUT2D eigenvalue weighted by molar-refractivity contribution is -0.214. The molecule has 1 heterocycles. The molecule has 2 heteroatoms. The average Bonchev–Trinajstić information content (AvgIpc) is 2.14. The third-order valence-electron chi connectivity index (χ3n) is 2.63. The first kappa shape index (κ1) is 8.73. The van der Waals surface area contributed by atoms with E-state index in [0.29, 0.717) is 0 Å². The van der Waals surface area contributed by atoms with Crippen LogP contribution in [0.2, 0.25) is 0 Å². The van der Waals surface area contributed by atoms with Crippen LogP contribution < -0.4 is 0 Å². The zero-order valence-electron chi connectivity index (χ0n) is 7.73. The van der Waals surface area contributed by atoms with Crippen LogP contribution >= 0.6 is 0 Å². The summed E-state index contributed by atoms with van der Waals surface area (Å²) in [5, 5.41) is 8.84. The second-order valence-corrected chi connectivity index (χ2v) is 3.72. The van der Waals surface area contributed by atoms with Crippen molar-refractivity contribution >= 4 is 0 Å². The van der Waals surface area contributed by atoms with Gasteiger partial charge in [0.2, 0.25) is 0 Å². The van der Waals surface area contributed by atoms with E-state index in [-0.39, 0.29) is 18.3 Å². The molecule has 0 aromatic heterocycles. The average molecular weight is 178 g/mol. The van der Waals surface area contributed by atoms with Gasteiger partial charge in [0.05, 0.1) is 18.3 Å². The van der Waals surface area contributed by atoms with Crippen molar-refractivity contribution in [3.8, 4) is 0 Å². The molecule has 0 aliphatic carbocycles. The zero-order valence-corrected chi connectivity index (χ0v) is 7.73. The summed E-state index contributed by atoms with van der Waals surface area (Å²) in [6.07, 6.45) is 0.943. The summed E-state index contributed by atoms with van der Waals surface area (Å²) in [5.41, 5.74) is 1.02. The Morgan fingerprint density at radius 3 is 2.62 bits per heavy atom. The summed E-state index contributed by atoms with van der Waals surface area (Å²) in [4.78, 5) is 0. The van der Waals surface area contributed by atoms with Gasteiger partial charge in [-0.2, -0.15) is 0 Å². The van der Waals surface area contributed by atoms with Gasteiger partial charge < -0.3 is 9.84 Å². The van der Waals surface area contributed by atoms with Crippen molar-refractivity contribution in [3.05, 3.63) is 35.9 Å². The van der Waals surface area contributed by atoms with Gasteiger partial charge in [0.25, 0.3) is 0 Å². The molecule has 0 bridgehead atoms. The van der Waals surface area contributed by atoms with E-state index in [4.69, 9.17) is 9.84 Å². The van der Waals surface area contributed by atoms with Gasteiger partial charge in [-0.15, -0.1) is 0 Å². The number of hydrogen-bond acceptors (Lipinski definition) is 2. The number of ether oxygens (including phenoxy) is 1. The van der Waals surface area contributed by atoms with E-state index < -0.39 is 0 Å². The van der Waals surface area contributed by atoms with Crippen molar-refractivity contribution in [3.63, 3.8) is 0 Å². The van der Waals surface area contributed by atoms with Crippen LogP contribution in [0.4, 0.5) is 0 Å². The van der Waals surface area contributed by atoms with Crippen LogP contribution in [0.5, 0.6) is 0 Å². The maximum Gasteiger partial charge on any atom is 0.0933 e. The predicted molar refractivity (Wildman–Crippen MR) is 50.4 cm³/mol. The van der Waals surface area contributed by atoms with Gasteiger partial charge in [0.1, 0.15) is 0 Å². The largest absolute Gasteiger partial charge is 0.394 e. The molecule has 1 aliphatic heterocycles. The molecule has 0 spiro atoms. The smallest absolute Gasteiger partial charge is 0.0933 e. The minimum atomic E-state index is -0.172. The van der Waals surface area contributed by atoms with Crippen molar-refractivity contribution < 1.29 is 9.84 Å². The number of aliphatic hydroxyl groups excluding tert-OH is 1. The minimum absolute atomic E-state index is 0.0326. The molecule has 2 rings (SSSR count). The van der Waals surface area contributed by atoms with Crippen molar-refractivity contribution in [1.82, 2.24) is 0 Å². The lowest BCUT2D eigenvalue weighted by Gasteiger charge is -2.45. The molecule has 1 aromatic carbocycles. The summed E-state index contributed by atoms with van der Waals surface area (Å²) in [6.45, 7) is 2.19. The monoisotopic (exact) mass is 178 g/mol. The van der Waals surface area contributed by atoms with Crippen molar-refractivity contribution in [2.24, 2.45) is 0 Å². The molecule has 70 valence electrons. The lowest BCUT2D eigenvalue weighted by Crippen LogP contribution is -2.47. The van der Waals surface area contributed by atoms with Gasteiger partial charge in [-0.3, -0.25) is 0 Å². The highest BCUT2D eigenvalue weighted by molar-refractivity contribution is 5.24. The Labute approximate surface area is 78.2 Å². The minimum Gasteiger partial charge on any atom is -0.394 e. The third kappa shape index (κ3) is 1.47. The maximum atomic E-state index is 8.84. The Morgan fingerprint density at radius 1 is 1.46 bits per heavy atom. The summed E-state index contributed by atoms with van der Waals surface area (Å²) in [5.74, 6) is 0. The fraction of sp³-hybridized carbons (Fsp3) is 0.455. The summed E-state index contributed by atoms with van der Waals surface area (Å²) < 4.78 is 5.61. The molecule has 2 unspecified atom stereocenters. The van der Waals surface area contributed by atoms with Crippen molar-refractivity contribution in [2.45, 2.75) is 25.0 Å². The fourth-order valence-corrected chi connectivity index (χ4v) is 1.87. The van der Waals surface area contributed by atoms with Crippen molar-refractivity contribution in [2.75, 3.05) is 6.61 Å². The Hall–Kier alpha value is -0.860. The molecule has 13 heavy (non-hydrogen) atoms. The van der Waals surface area contributed by atoms with Gasteiger partial charge in [0, 0.05) is 6.42 Å². The van der Waals surface area contributed by atoms with E-state index in [9.17, 15) is 0 Å². The van der Waals surface area contributed by atoms with E-state index >= 15 is 0 Å². The van der Waals surface area contributed by atoms with Gasteiger partial charge in [0.15, 0.2) is 0 Å². The standard InChI is InChI=1S/C11H14O2/c1-11(7-10(8-12)13-11)9-5-3-2-4-6-9/h2-6,10,12H,7-8H2,1H3. The molecule has 2 atom stereocenters. The van der Waals surface area contributed by atoms with Gasteiger partial charge in [-0.1, -0.05) is 30.3 Å². The van der Waals surface area contributed by atoms with E-state index in [1.807, 2.05) is 18.2 Å².